The van der Waals surface area contributed by atoms with E-state index in [0.717, 1.165) is 31.6 Å². The van der Waals surface area contributed by atoms with Crippen molar-refractivity contribution >= 4 is 17.1 Å². The molecule has 154 valence electrons. The smallest absolute Gasteiger partial charge is 0.337 e. The monoisotopic (exact) mass is 390 g/mol. The molecule has 0 aliphatic carbocycles. The van der Waals surface area contributed by atoms with Crippen LogP contribution >= 0.6 is 0 Å². The molecule has 1 aromatic carbocycles. The molecule has 1 aliphatic heterocycles. The van der Waals surface area contributed by atoms with Crippen LogP contribution in [0.3, 0.4) is 0 Å². The summed E-state index contributed by atoms with van der Waals surface area (Å²) in [4.78, 5) is 28.0. The zero-order chi connectivity index (χ0) is 19.9. The summed E-state index contributed by atoms with van der Waals surface area (Å²) < 4.78 is 8.28. The lowest BCUT2D eigenvalue weighted by molar-refractivity contribution is 0.0364. The fourth-order valence-corrected chi connectivity index (χ4v) is 3.56. The molecule has 1 fully saturated rings. The van der Waals surface area contributed by atoms with Gasteiger partial charge in [0.25, 0.3) is 0 Å². The number of aliphatic hydroxyl groups is 1. The number of morpholine rings is 1. The number of nitrogens with zero attached hydrogens (tertiary/aromatic N) is 3. The van der Waals surface area contributed by atoms with Gasteiger partial charge in [0.05, 0.1) is 24.2 Å². The molecule has 1 aromatic heterocycles. The number of aliphatic hydroxyl groups excluding tert-OH is 1. The number of imidazole rings is 1. The van der Waals surface area contributed by atoms with E-state index in [9.17, 15) is 9.59 Å². The van der Waals surface area contributed by atoms with E-state index in [2.05, 4.69) is 10.2 Å². The van der Waals surface area contributed by atoms with E-state index < -0.39 is 6.03 Å². The summed E-state index contributed by atoms with van der Waals surface area (Å²) in [5.41, 5.74) is 1.08. The van der Waals surface area contributed by atoms with Crippen molar-refractivity contribution in [2.24, 2.45) is 5.92 Å². The first-order chi connectivity index (χ1) is 13.6. The van der Waals surface area contributed by atoms with E-state index in [1.165, 1.54) is 4.57 Å². The van der Waals surface area contributed by atoms with Gasteiger partial charge in [-0.1, -0.05) is 19.1 Å². The number of carbonyl (C=O) groups excluding carboxylic acids is 1. The minimum atomic E-state index is -0.400. The molecule has 1 unspecified atom stereocenters. The van der Waals surface area contributed by atoms with Gasteiger partial charge in [0.1, 0.15) is 0 Å². The first-order valence-electron chi connectivity index (χ1n) is 10.0. The number of para-hydroxylation sites is 2. The van der Waals surface area contributed by atoms with Gasteiger partial charge in [0.2, 0.25) is 0 Å². The van der Waals surface area contributed by atoms with Crippen LogP contribution in [0.25, 0.3) is 11.0 Å². The molecule has 0 radical (unpaired) electrons. The van der Waals surface area contributed by atoms with Crippen LogP contribution in [0.5, 0.6) is 0 Å². The highest BCUT2D eigenvalue weighted by Crippen LogP contribution is 2.13. The van der Waals surface area contributed by atoms with Crippen molar-refractivity contribution in [1.82, 2.24) is 19.4 Å². The third-order valence-corrected chi connectivity index (χ3v) is 5.32. The van der Waals surface area contributed by atoms with Crippen LogP contribution in [0.15, 0.2) is 29.1 Å². The maximum Gasteiger partial charge on any atom is 0.337 e. The third-order valence-electron chi connectivity index (χ3n) is 5.32. The van der Waals surface area contributed by atoms with Gasteiger partial charge >= 0.3 is 11.7 Å². The highest BCUT2D eigenvalue weighted by molar-refractivity contribution is 5.89. The molecule has 2 heterocycles. The number of carbonyl (C=O) groups is 1. The van der Waals surface area contributed by atoms with E-state index in [-0.39, 0.29) is 12.3 Å². The zero-order valence-corrected chi connectivity index (χ0v) is 16.5. The van der Waals surface area contributed by atoms with Crippen LogP contribution in [-0.2, 0) is 11.3 Å². The molecule has 0 bridgehead atoms. The molecule has 1 aliphatic rings. The van der Waals surface area contributed by atoms with Crippen LogP contribution in [0.2, 0.25) is 0 Å². The summed E-state index contributed by atoms with van der Waals surface area (Å²) in [6.45, 7) is 7.09. The summed E-state index contributed by atoms with van der Waals surface area (Å²) in [5, 5.41) is 11.8. The molecule has 2 N–H and O–H groups in total. The van der Waals surface area contributed by atoms with Crippen LogP contribution in [0, 0.1) is 5.92 Å². The maximum atomic E-state index is 13.0. The van der Waals surface area contributed by atoms with Gasteiger partial charge < -0.3 is 15.2 Å². The Morgan fingerprint density at radius 1 is 1.18 bits per heavy atom. The van der Waals surface area contributed by atoms with Gasteiger partial charge in [-0.3, -0.25) is 9.47 Å². The summed E-state index contributed by atoms with van der Waals surface area (Å²) in [6, 6.07) is 6.99. The number of ether oxygens (including phenoxy) is 1. The Kier molecular flexibility index (Phi) is 7.24. The number of rotatable bonds is 8. The first-order valence-corrected chi connectivity index (χ1v) is 10.0. The van der Waals surface area contributed by atoms with Gasteiger partial charge in [0, 0.05) is 39.3 Å². The average Bonchev–Trinajstić information content (AvgIpc) is 2.98. The highest BCUT2D eigenvalue weighted by Gasteiger charge is 2.19. The molecule has 0 spiro atoms. The van der Waals surface area contributed by atoms with Gasteiger partial charge in [-0.15, -0.1) is 0 Å². The summed E-state index contributed by atoms with van der Waals surface area (Å²) in [5.74, 6) is 0.317. The van der Waals surface area contributed by atoms with E-state index in [1.54, 1.807) is 10.6 Å². The molecule has 1 amide bonds. The molecule has 1 atom stereocenters. The Bertz CT molecular complexity index is 838. The Hall–Kier alpha value is -2.16. The fraction of sp³-hybridized carbons (Fsp3) is 0.600. The molecule has 28 heavy (non-hydrogen) atoms. The van der Waals surface area contributed by atoms with Crippen molar-refractivity contribution in [3.63, 3.8) is 0 Å². The average molecular weight is 390 g/mol. The largest absolute Gasteiger partial charge is 0.396 e. The second-order valence-electron chi connectivity index (χ2n) is 7.35. The summed E-state index contributed by atoms with van der Waals surface area (Å²) in [6.07, 6.45) is 1.47. The Balaban J connectivity index is 1.74. The Morgan fingerprint density at radius 3 is 2.61 bits per heavy atom. The zero-order valence-electron chi connectivity index (χ0n) is 16.5. The molecular formula is C20H30N4O4. The second-order valence-corrected chi connectivity index (χ2v) is 7.35. The lowest BCUT2D eigenvalue weighted by Crippen LogP contribution is -2.41. The summed E-state index contributed by atoms with van der Waals surface area (Å²) >= 11 is 0. The van der Waals surface area contributed by atoms with Crippen molar-refractivity contribution < 1.29 is 14.6 Å². The minimum Gasteiger partial charge on any atom is -0.396 e. The lowest BCUT2D eigenvalue weighted by atomic mass is 10.1. The topological polar surface area (TPSA) is 88.7 Å². The van der Waals surface area contributed by atoms with Gasteiger partial charge in [-0.2, -0.15) is 0 Å². The van der Waals surface area contributed by atoms with Crippen LogP contribution < -0.4 is 11.0 Å². The van der Waals surface area contributed by atoms with Crippen molar-refractivity contribution in [3.8, 4) is 0 Å². The molecular weight excluding hydrogens is 360 g/mol. The van der Waals surface area contributed by atoms with Gasteiger partial charge in [0.15, 0.2) is 0 Å². The maximum absolute atomic E-state index is 13.0. The highest BCUT2D eigenvalue weighted by atomic mass is 16.5. The van der Waals surface area contributed by atoms with Crippen LogP contribution in [0.4, 0.5) is 4.79 Å². The van der Waals surface area contributed by atoms with Crippen LogP contribution in [0.1, 0.15) is 19.8 Å². The number of fused-ring (bicyclic) bond motifs is 1. The Morgan fingerprint density at radius 2 is 1.89 bits per heavy atom. The number of hydrogen-bond donors (Lipinski definition) is 2. The van der Waals surface area contributed by atoms with E-state index >= 15 is 0 Å². The minimum absolute atomic E-state index is 0.144. The third kappa shape index (κ3) is 4.81. The quantitative estimate of drug-likeness (QED) is 0.705. The summed E-state index contributed by atoms with van der Waals surface area (Å²) in [7, 11) is 0. The predicted octanol–water partition coefficient (Wildman–Crippen LogP) is 1.10. The number of hydrogen-bond acceptors (Lipinski definition) is 5. The molecule has 1 saturated heterocycles. The number of aromatic nitrogens is 2. The lowest BCUT2D eigenvalue weighted by Gasteiger charge is -2.26. The molecule has 0 saturated carbocycles. The van der Waals surface area contributed by atoms with Crippen molar-refractivity contribution in [2.75, 3.05) is 46.0 Å². The van der Waals surface area contributed by atoms with E-state index in [1.807, 2.05) is 25.1 Å². The fourth-order valence-electron chi connectivity index (χ4n) is 3.56. The van der Waals surface area contributed by atoms with Crippen LogP contribution in [-0.4, -0.2) is 71.2 Å². The second kappa shape index (κ2) is 9.86. The number of amides is 1. The SMILES string of the molecule is CC(CCO)CCNC(=O)n1c(=O)n(CCN2CCOCC2)c2ccccc21. The number of nitrogens with one attached hydrogen (secondary N) is 1. The standard InChI is InChI=1S/C20H30N4O4/c1-16(7-13-25)6-8-21-19(26)24-18-5-3-2-4-17(18)23(20(24)27)10-9-22-11-14-28-15-12-22/h2-5,16,25H,6-15H2,1H3,(H,21,26). The molecule has 2 aromatic rings. The molecule has 8 heteroatoms. The van der Waals surface area contributed by atoms with Gasteiger partial charge in [-0.05, 0) is 30.9 Å². The predicted molar refractivity (Wildman–Crippen MR) is 108 cm³/mol. The Labute approximate surface area is 164 Å². The van der Waals surface area contributed by atoms with Gasteiger partial charge in [-0.25, -0.2) is 14.2 Å². The molecule has 3 rings (SSSR count). The normalized spacial score (nSPS) is 16.4. The van der Waals surface area contributed by atoms with Crippen molar-refractivity contribution in [3.05, 3.63) is 34.7 Å². The number of benzene rings is 1. The van der Waals surface area contributed by atoms with Crippen molar-refractivity contribution in [2.45, 2.75) is 26.3 Å². The van der Waals surface area contributed by atoms with Crippen molar-refractivity contribution in [1.29, 1.82) is 0 Å². The molecule has 8 nitrogen and oxygen atoms in total. The van der Waals surface area contributed by atoms with E-state index in [0.29, 0.717) is 44.2 Å². The first kappa shape index (κ1) is 20.6. The van der Waals surface area contributed by atoms with E-state index in [4.69, 9.17) is 9.84 Å².